The number of carbonyl (C=O) groups is 1. The molecule has 1 aromatic rings. The minimum Gasteiger partial charge on any atom is -0.486 e. The molecule has 3 rings (SSSR count). The van der Waals surface area contributed by atoms with Crippen molar-refractivity contribution >= 4 is 5.91 Å². The SMILES string of the molecule is CC(=O)NC(CN1CCCC1)C(O)c1ccc2c(c1)OCCO2. The van der Waals surface area contributed by atoms with E-state index in [4.69, 9.17) is 9.47 Å². The molecule has 6 nitrogen and oxygen atoms in total. The van der Waals surface area contributed by atoms with E-state index < -0.39 is 6.10 Å². The summed E-state index contributed by atoms with van der Waals surface area (Å²) in [5.41, 5.74) is 0.729. The number of amides is 1. The first-order valence-electron chi connectivity index (χ1n) is 8.20. The van der Waals surface area contributed by atoms with Gasteiger partial charge in [-0.15, -0.1) is 0 Å². The number of hydrogen-bond donors (Lipinski definition) is 2. The quantitative estimate of drug-likeness (QED) is 0.850. The van der Waals surface area contributed by atoms with Crippen LogP contribution in [0.3, 0.4) is 0 Å². The van der Waals surface area contributed by atoms with Gasteiger partial charge in [-0.2, -0.15) is 0 Å². The van der Waals surface area contributed by atoms with Crippen LogP contribution in [0.15, 0.2) is 18.2 Å². The van der Waals surface area contributed by atoms with Crippen molar-refractivity contribution in [3.63, 3.8) is 0 Å². The summed E-state index contributed by atoms with van der Waals surface area (Å²) < 4.78 is 11.1. The maximum absolute atomic E-state index is 11.5. The van der Waals surface area contributed by atoms with Gasteiger partial charge in [-0.3, -0.25) is 4.79 Å². The number of ether oxygens (including phenoxy) is 2. The van der Waals surface area contributed by atoms with E-state index in [0.717, 1.165) is 18.7 Å². The molecule has 0 radical (unpaired) electrons. The van der Waals surface area contributed by atoms with Crippen molar-refractivity contribution in [1.82, 2.24) is 10.2 Å². The number of carbonyl (C=O) groups excluding carboxylic acids is 1. The van der Waals surface area contributed by atoms with E-state index in [1.807, 2.05) is 12.1 Å². The highest BCUT2D eigenvalue weighted by Crippen LogP contribution is 2.33. The second-order valence-corrected chi connectivity index (χ2v) is 6.16. The molecule has 1 saturated heterocycles. The zero-order chi connectivity index (χ0) is 16.2. The third-order valence-corrected chi connectivity index (χ3v) is 4.33. The Bertz CT molecular complexity index is 558. The highest BCUT2D eigenvalue weighted by atomic mass is 16.6. The van der Waals surface area contributed by atoms with E-state index >= 15 is 0 Å². The number of aliphatic hydroxyl groups excluding tert-OH is 1. The summed E-state index contributed by atoms with van der Waals surface area (Å²) >= 11 is 0. The summed E-state index contributed by atoms with van der Waals surface area (Å²) in [5.74, 6) is 1.21. The maximum Gasteiger partial charge on any atom is 0.217 e. The van der Waals surface area contributed by atoms with Gasteiger partial charge in [-0.25, -0.2) is 0 Å². The van der Waals surface area contributed by atoms with E-state index in [2.05, 4.69) is 10.2 Å². The van der Waals surface area contributed by atoms with E-state index in [1.165, 1.54) is 19.8 Å². The van der Waals surface area contributed by atoms with Crippen molar-refractivity contribution in [1.29, 1.82) is 0 Å². The summed E-state index contributed by atoms with van der Waals surface area (Å²) in [6.07, 6.45) is 1.56. The summed E-state index contributed by atoms with van der Waals surface area (Å²) in [6, 6.07) is 5.11. The lowest BCUT2D eigenvalue weighted by Crippen LogP contribution is -2.46. The highest BCUT2D eigenvalue weighted by Gasteiger charge is 2.27. The van der Waals surface area contributed by atoms with Crippen LogP contribution in [-0.2, 0) is 4.79 Å². The lowest BCUT2D eigenvalue weighted by molar-refractivity contribution is -0.120. The summed E-state index contributed by atoms with van der Waals surface area (Å²) in [4.78, 5) is 13.8. The fourth-order valence-corrected chi connectivity index (χ4v) is 3.21. The zero-order valence-electron chi connectivity index (χ0n) is 13.5. The number of rotatable bonds is 5. The molecule has 0 bridgehead atoms. The molecule has 0 aliphatic carbocycles. The van der Waals surface area contributed by atoms with E-state index in [0.29, 0.717) is 31.3 Å². The van der Waals surface area contributed by atoms with Gasteiger partial charge >= 0.3 is 0 Å². The maximum atomic E-state index is 11.5. The topological polar surface area (TPSA) is 71.0 Å². The number of fused-ring (bicyclic) bond motifs is 1. The van der Waals surface area contributed by atoms with Crippen molar-refractivity contribution in [2.24, 2.45) is 0 Å². The van der Waals surface area contributed by atoms with Gasteiger partial charge in [0, 0.05) is 13.5 Å². The molecule has 23 heavy (non-hydrogen) atoms. The lowest BCUT2D eigenvalue weighted by atomic mass is 10.0. The number of likely N-dealkylation sites (tertiary alicyclic amines) is 1. The molecule has 1 aromatic carbocycles. The van der Waals surface area contributed by atoms with Crippen molar-refractivity contribution < 1.29 is 19.4 Å². The highest BCUT2D eigenvalue weighted by molar-refractivity contribution is 5.73. The van der Waals surface area contributed by atoms with Crippen LogP contribution >= 0.6 is 0 Å². The van der Waals surface area contributed by atoms with Crippen LogP contribution in [0.4, 0.5) is 0 Å². The van der Waals surface area contributed by atoms with Crippen LogP contribution < -0.4 is 14.8 Å². The van der Waals surface area contributed by atoms with Crippen LogP contribution in [0.25, 0.3) is 0 Å². The van der Waals surface area contributed by atoms with Gasteiger partial charge in [0.2, 0.25) is 5.91 Å². The van der Waals surface area contributed by atoms with Crippen LogP contribution in [0.2, 0.25) is 0 Å². The standard InChI is InChI=1S/C17H24N2O4/c1-12(20)18-14(11-19-6-2-3-7-19)17(21)13-4-5-15-16(10-13)23-9-8-22-15/h4-5,10,14,17,21H,2-3,6-9,11H2,1H3,(H,18,20). The molecule has 6 heteroatoms. The monoisotopic (exact) mass is 320 g/mol. The molecule has 1 fully saturated rings. The average Bonchev–Trinajstić information content (AvgIpc) is 3.06. The van der Waals surface area contributed by atoms with Crippen molar-refractivity contribution in [3.05, 3.63) is 23.8 Å². The van der Waals surface area contributed by atoms with Crippen molar-refractivity contribution in [2.75, 3.05) is 32.8 Å². The smallest absolute Gasteiger partial charge is 0.217 e. The minimum atomic E-state index is -0.782. The van der Waals surface area contributed by atoms with Crippen LogP contribution in [0, 0.1) is 0 Å². The lowest BCUT2D eigenvalue weighted by Gasteiger charge is -2.29. The van der Waals surface area contributed by atoms with Gasteiger partial charge in [-0.05, 0) is 43.6 Å². The first-order chi connectivity index (χ1) is 11.1. The predicted octanol–water partition coefficient (Wildman–Crippen LogP) is 1.09. The van der Waals surface area contributed by atoms with Crippen LogP contribution in [0.1, 0.15) is 31.4 Å². The molecule has 2 N–H and O–H groups in total. The minimum absolute atomic E-state index is 0.134. The molecule has 2 atom stereocenters. The molecule has 2 unspecified atom stereocenters. The van der Waals surface area contributed by atoms with Gasteiger partial charge in [0.1, 0.15) is 19.3 Å². The number of hydrogen-bond acceptors (Lipinski definition) is 5. The fourth-order valence-electron chi connectivity index (χ4n) is 3.21. The molecule has 2 aliphatic heterocycles. The third-order valence-electron chi connectivity index (χ3n) is 4.33. The number of aliphatic hydroxyl groups is 1. The second-order valence-electron chi connectivity index (χ2n) is 6.16. The Morgan fingerprint density at radius 2 is 1.96 bits per heavy atom. The molecule has 126 valence electrons. The number of nitrogens with zero attached hydrogens (tertiary/aromatic N) is 1. The van der Waals surface area contributed by atoms with Gasteiger partial charge < -0.3 is 24.8 Å². The molecule has 2 aliphatic rings. The van der Waals surface area contributed by atoms with Crippen molar-refractivity contribution in [3.8, 4) is 11.5 Å². The molecular weight excluding hydrogens is 296 g/mol. The van der Waals surface area contributed by atoms with Crippen LogP contribution in [-0.4, -0.2) is 54.8 Å². The van der Waals surface area contributed by atoms with E-state index in [9.17, 15) is 9.90 Å². The first-order valence-corrected chi connectivity index (χ1v) is 8.20. The molecule has 0 spiro atoms. The van der Waals surface area contributed by atoms with E-state index in [1.54, 1.807) is 6.07 Å². The Morgan fingerprint density at radius 1 is 1.26 bits per heavy atom. The first kappa shape index (κ1) is 16.1. The Hall–Kier alpha value is -1.79. The molecule has 2 heterocycles. The van der Waals surface area contributed by atoms with Gasteiger partial charge in [0.15, 0.2) is 11.5 Å². The van der Waals surface area contributed by atoms with Gasteiger partial charge in [0.25, 0.3) is 0 Å². The number of nitrogens with one attached hydrogen (secondary N) is 1. The summed E-state index contributed by atoms with van der Waals surface area (Å²) in [5, 5.41) is 13.6. The van der Waals surface area contributed by atoms with Gasteiger partial charge in [-0.1, -0.05) is 6.07 Å². The zero-order valence-corrected chi connectivity index (χ0v) is 13.5. The second kappa shape index (κ2) is 7.19. The predicted molar refractivity (Wildman–Crippen MR) is 85.7 cm³/mol. The summed E-state index contributed by atoms with van der Waals surface area (Å²) in [6.45, 7) is 5.21. The van der Waals surface area contributed by atoms with Crippen LogP contribution in [0.5, 0.6) is 11.5 Å². The Kier molecular flexibility index (Phi) is 5.03. The number of benzene rings is 1. The molecule has 1 amide bonds. The normalized spacial score (nSPS) is 20.1. The van der Waals surface area contributed by atoms with E-state index in [-0.39, 0.29) is 11.9 Å². The molecular formula is C17H24N2O4. The third kappa shape index (κ3) is 3.95. The Labute approximate surface area is 136 Å². The Balaban J connectivity index is 1.75. The Morgan fingerprint density at radius 3 is 2.65 bits per heavy atom. The fraction of sp³-hybridized carbons (Fsp3) is 0.588. The average molecular weight is 320 g/mol. The summed E-state index contributed by atoms with van der Waals surface area (Å²) in [7, 11) is 0. The van der Waals surface area contributed by atoms with Crippen molar-refractivity contribution in [2.45, 2.75) is 31.9 Å². The largest absolute Gasteiger partial charge is 0.486 e. The molecule has 0 saturated carbocycles. The van der Waals surface area contributed by atoms with Gasteiger partial charge in [0.05, 0.1) is 6.04 Å². The molecule has 0 aromatic heterocycles.